The Morgan fingerprint density at radius 3 is 2.45 bits per heavy atom. The summed E-state index contributed by atoms with van der Waals surface area (Å²) in [5, 5.41) is 14.1. The minimum Gasteiger partial charge on any atom is -0.364 e. The molecule has 0 saturated heterocycles. The van der Waals surface area contributed by atoms with Crippen LogP contribution in [0.2, 0.25) is 0 Å². The van der Waals surface area contributed by atoms with Crippen LogP contribution in [0.25, 0.3) is 10.8 Å². The van der Waals surface area contributed by atoms with Crippen molar-refractivity contribution in [3.63, 3.8) is 0 Å². The maximum Gasteiger partial charge on any atom is 0.134 e. The number of anilines is 1. The van der Waals surface area contributed by atoms with Gasteiger partial charge in [0, 0.05) is 18.6 Å². The number of nitrogens with zero attached hydrogens (tertiary/aromatic N) is 4. The molecule has 0 bridgehead atoms. The number of aryl methyl sites for hydroxylation is 1. The summed E-state index contributed by atoms with van der Waals surface area (Å²) in [4.78, 5) is 6.19. The van der Waals surface area contributed by atoms with Crippen LogP contribution in [0, 0.1) is 0 Å². The molecule has 114 valence electrons. The van der Waals surface area contributed by atoms with Crippen LogP contribution in [0.15, 0.2) is 36.7 Å². The van der Waals surface area contributed by atoms with Gasteiger partial charge in [0.1, 0.15) is 11.5 Å². The topological polar surface area (TPSA) is 55.6 Å². The first-order valence-corrected chi connectivity index (χ1v) is 7.42. The lowest BCUT2D eigenvalue weighted by molar-refractivity contribution is 0.593. The smallest absolute Gasteiger partial charge is 0.134 e. The van der Waals surface area contributed by atoms with Crippen LogP contribution in [0.4, 0.5) is 5.82 Å². The normalized spacial score (nSPS) is 11.8. The Bertz CT molecular complexity index is 798. The van der Waals surface area contributed by atoms with E-state index >= 15 is 0 Å². The van der Waals surface area contributed by atoms with Gasteiger partial charge in [-0.3, -0.25) is 0 Å². The van der Waals surface area contributed by atoms with Crippen LogP contribution in [-0.2, 0) is 19.0 Å². The molecule has 0 saturated carbocycles. The zero-order chi connectivity index (χ0) is 15.7. The Hall–Kier alpha value is -2.43. The summed E-state index contributed by atoms with van der Waals surface area (Å²) in [6, 6.07) is 8.38. The Kier molecular flexibility index (Phi) is 3.56. The minimum absolute atomic E-state index is 0.0655. The van der Waals surface area contributed by atoms with Gasteiger partial charge in [-0.2, -0.15) is 15.0 Å². The Labute approximate surface area is 130 Å². The summed E-state index contributed by atoms with van der Waals surface area (Å²) in [7, 11) is 1.81. The van der Waals surface area contributed by atoms with Gasteiger partial charge in [0.15, 0.2) is 0 Å². The Balaban J connectivity index is 1.97. The monoisotopic (exact) mass is 295 g/mol. The van der Waals surface area contributed by atoms with E-state index in [2.05, 4.69) is 59.5 Å². The molecule has 1 aromatic carbocycles. The summed E-state index contributed by atoms with van der Waals surface area (Å²) in [6.45, 7) is 7.25. The lowest BCUT2D eigenvalue weighted by Gasteiger charge is -2.22. The average molecular weight is 295 g/mol. The van der Waals surface area contributed by atoms with Crippen LogP contribution in [-0.4, -0.2) is 20.0 Å². The van der Waals surface area contributed by atoms with Crippen LogP contribution in [0.1, 0.15) is 32.0 Å². The maximum atomic E-state index is 4.63. The SMILES string of the molecule is Cn1ncc(CNc2ncc(C(C)(C)C)c3ccccc23)n1. The molecule has 3 aromatic rings. The molecule has 3 rings (SSSR count). The number of hydrogen-bond donors (Lipinski definition) is 1. The molecule has 0 aliphatic rings. The van der Waals surface area contributed by atoms with Crippen LogP contribution in [0.5, 0.6) is 0 Å². The number of hydrogen-bond acceptors (Lipinski definition) is 4. The van der Waals surface area contributed by atoms with Crippen LogP contribution < -0.4 is 5.32 Å². The zero-order valence-corrected chi connectivity index (χ0v) is 13.5. The van der Waals surface area contributed by atoms with Gasteiger partial charge in [-0.25, -0.2) is 4.98 Å². The number of nitrogens with one attached hydrogen (secondary N) is 1. The summed E-state index contributed by atoms with van der Waals surface area (Å²) in [5.74, 6) is 0.884. The quantitative estimate of drug-likeness (QED) is 0.805. The molecular formula is C17H21N5. The molecule has 0 amide bonds. The summed E-state index contributed by atoms with van der Waals surface area (Å²) in [5.41, 5.74) is 2.22. The van der Waals surface area contributed by atoms with Crippen molar-refractivity contribution in [2.24, 2.45) is 7.05 Å². The molecule has 5 nitrogen and oxygen atoms in total. The van der Waals surface area contributed by atoms with E-state index in [4.69, 9.17) is 0 Å². The van der Waals surface area contributed by atoms with Crippen LogP contribution >= 0.6 is 0 Å². The van der Waals surface area contributed by atoms with E-state index in [9.17, 15) is 0 Å². The first-order chi connectivity index (χ1) is 10.4. The fourth-order valence-electron chi connectivity index (χ4n) is 2.57. The van der Waals surface area contributed by atoms with E-state index in [1.165, 1.54) is 10.9 Å². The molecule has 5 heteroatoms. The van der Waals surface area contributed by atoms with Gasteiger partial charge in [0.2, 0.25) is 0 Å². The molecule has 0 aliphatic heterocycles. The van der Waals surface area contributed by atoms with Crippen molar-refractivity contribution < 1.29 is 0 Å². The number of rotatable bonds is 3. The van der Waals surface area contributed by atoms with Crippen molar-refractivity contribution in [1.82, 2.24) is 20.0 Å². The number of fused-ring (bicyclic) bond motifs is 1. The Morgan fingerprint density at radius 1 is 1.09 bits per heavy atom. The van der Waals surface area contributed by atoms with E-state index in [1.807, 2.05) is 19.3 Å². The maximum absolute atomic E-state index is 4.63. The molecule has 0 radical (unpaired) electrons. The molecule has 2 heterocycles. The van der Waals surface area contributed by atoms with E-state index in [0.717, 1.165) is 16.9 Å². The molecule has 2 aromatic heterocycles. The molecule has 1 N–H and O–H groups in total. The van der Waals surface area contributed by atoms with Crippen molar-refractivity contribution >= 4 is 16.6 Å². The van der Waals surface area contributed by atoms with Gasteiger partial charge in [0.25, 0.3) is 0 Å². The van der Waals surface area contributed by atoms with Crippen LogP contribution in [0.3, 0.4) is 0 Å². The van der Waals surface area contributed by atoms with Gasteiger partial charge in [-0.15, -0.1) is 0 Å². The van der Waals surface area contributed by atoms with Gasteiger partial charge >= 0.3 is 0 Å². The lowest BCUT2D eigenvalue weighted by Crippen LogP contribution is -2.13. The second-order valence-corrected chi connectivity index (χ2v) is 6.49. The largest absolute Gasteiger partial charge is 0.364 e. The van der Waals surface area contributed by atoms with Gasteiger partial charge in [-0.1, -0.05) is 45.0 Å². The number of aromatic nitrogens is 4. The third-order valence-electron chi connectivity index (χ3n) is 3.69. The fraction of sp³-hybridized carbons (Fsp3) is 0.353. The standard InChI is InChI=1S/C17H21N5/c1-17(2,3)15-11-19-16(14-8-6-5-7-13(14)15)18-9-12-10-20-22(4)21-12/h5-8,10-11H,9H2,1-4H3,(H,18,19). The summed E-state index contributed by atoms with van der Waals surface area (Å²) < 4.78 is 0. The van der Waals surface area contributed by atoms with E-state index in [0.29, 0.717) is 6.54 Å². The first-order valence-electron chi connectivity index (χ1n) is 7.42. The molecule has 0 unspecified atom stereocenters. The highest BCUT2D eigenvalue weighted by Crippen LogP contribution is 2.32. The lowest BCUT2D eigenvalue weighted by atomic mass is 9.85. The van der Waals surface area contributed by atoms with Crippen molar-refractivity contribution in [3.8, 4) is 0 Å². The zero-order valence-electron chi connectivity index (χ0n) is 13.5. The predicted molar refractivity (Wildman–Crippen MR) is 88.8 cm³/mol. The molecule has 0 atom stereocenters. The van der Waals surface area contributed by atoms with Gasteiger partial charge in [0.05, 0.1) is 12.7 Å². The third kappa shape index (κ3) is 2.79. The minimum atomic E-state index is 0.0655. The van der Waals surface area contributed by atoms with Crippen molar-refractivity contribution in [1.29, 1.82) is 0 Å². The molecule has 0 aliphatic carbocycles. The van der Waals surface area contributed by atoms with E-state index < -0.39 is 0 Å². The molecule has 0 spiro atoms. The number of benzene rings is 1. The van der Waals surface area contributed by atoms with Crippen molar-refractivity contribution in [2.45, 2.75) is 32.7 Å². The predicted octanol–water partition coefficient (Wildman–Crippen LogP) is 3.27. The highest BCUT2D eigenvalue weighted by Gasteiger charge is 2.18. The molecule has 0 fully saturated rings. The third-order valence-corrected chi connectivity index (χ3v) is 3.69. The van der Waals surface area contributed by atoms with E-state index in [-0.39, 0.29) is 5.41 Å². The second kappa shape index (κ2) is 5.40. The molecule has 22 heavy (non-hydrogen) atoms. The van der Waals surface area contributed by atoms with Crippen molar-refractivity contribution in [3.05, 3.63) is 47.9 Å². The summed E-state index contributed by atoms with van der Waals surface area (Å²) in [6.07, 6.45) is 3.74. The molecular weight excluding hydrogens is 274 g/mol. The number of pyridine rings is 1. The fourth-order valence-corrected chi connectivity index (χ4v) is 2.57. The highest BCUT2D eigenvalue weighted by molar-refractivity contribution is 5.94. The van der Waals surface area contributed by atoms with Gasteiger partial charge < -0.3 is 5.32 Å². The van der Waals surface area contributed by atoms with E-state index in [1.54, 1.807) is 11.0 Å². The summed E-state index contributed by atoms with van der Waals surface area (Å²) >= 11 is 0. The Morgan fingerprint density at radius 2 is 1.82 bits per heavy atom. The second-order valence-electron chi connectivity index (χ2n) is 6.49. The first kappa shape index (κ1) is 14.5. The van der Waals surface area contributed by atoms with Gasteiger partial charge in [-0.05, 0) is 16.4 Å². The highest BCUT2D eigenvalue weighted by atomic mass is 15.4. The average Bonchev–Trinajstić information content (AvgIpc) is 2.89. The van der Waals surface area contributed by atoms with Crippen molar-refractivity contribution in [2.75, 3.05) is 5.32 Å².